The Morgan fingerprint density at radius 1 is 1.35 bits per heavy atom. The van der Waals surface area contributed by atoms with Crippen LogP contribution in [0.4, 0.5) is 0 Å². The van der Waals surface area contributed by atoms with Crippen LogP contribution in [-0.2, 0) is 11.3 Å². The van der Waals surface area contributed by atoms with E-state index in [9.17, 15) is 5.26 Å². The zero-order chi connectivity index (χ0) is 12.0. The van der Waals surface area contributed by atoms with Crippen molar-refractivity contribution in [3.8, 4) is 6.07 Å². The monoisotopic (exact) mass is 230 g/mol. The van der Waals surface area contributed by atoms with E-state index in [1.807, 2.05) is 30.3 Å². The number of rotatable bonds is 4. The first-order valence-electron chi connectivity index (χ1n) is 6.08. The fourth-order valence-electron chi connectivity index (χ4n) is 2.16. The molecular weight excluding hydrogens is 212 g/mol. The zero-order valence-corrected chi connectivity index (χ0v) is 9.98. The van der Waals surface area contributed by atoms with Crippen molar-refractivity contribution in [1.82, 2.24) is 5.32 Å². The molecule has 0 bridgehead atoms. The normalized spacial score (nSPS) is 24.2. The number of benzene rings is 1. The van der Waals surface area contributed by atoms with Gasteiger partial charge in [0.05, 0.1) is 24.7 Å². The molecule has 1 atom stereocenters. The summed E-state index contributed by atoms with van der Waals surface area (Å²) in [4.78, 5) is 0. The SMILES string of the molecule is N#CC1(COCc2ccccc2)CCCNC1. The number of piperidine rings is 1. The minimum Gasteiger partial charge on any atom is -0.375 e. The van der Waals surface area contributed by atoms with Crippen molar-refractivity contribution in [2.45, 2.75) is 19.4 Å². The van der Waals surface area contributed by atoms with Crippen molar-refractivity contribution < 1.29 is 4.74 Å². The first-order chi connectivity index (χ1) is 8.35. The van der Waals surface area contributed by atoms with Crippen LogP contribution in [0.15, 0.2) is 30.3 Å². The molecule has 0 aliphatic carbocycles. The summed E-state index contributed by atoms with van der Waals surface area (Å²) < 4.78 is 5.69. The lowest BCUT2D eigenvalue weighted by atomic mass is 9.83. The molecule has 1 fully saturated rings. The molecule has 0 spiro atoms. The van der Waals surface area contributed by atoms with E-state index in [4.69, 9.17) is 4.74 Å². The highest BCUT2D eigenvalue weighted by molar-refractivity contribution is 5.13. The molecule has 1 aromatic carbocycles. The molecular formula is C14H18N2O. The maximum atomic E-state index is 9.27. The predicted octanol–water partition coefficient (Wildman–Crippen LogP) is 2.10. The third-order valence-corrected chi connectivity index (χ3v) is 3.20. The summed E-state index contributed by atoms with van der Waals surface area (Å²) in [6.45, 7) is 2.87. The average Bonchev–Trinajstić information content (AvgIpc) is 2.41. The minimum absolute atomic E-state index is 0.326. The van der Waals surface area contributed by atoms with Gasteiger partial charge in [-0.25, -0.2) is 0 Å². The largest absolute Gasteiger partial charge is 0.375 e. The Morgan fingerprint density at radius 2 is 2.18 bits per heavy atom. The molecule has 1 aliphatic rings. The first-order valence-corrected chi connectivity index (χ1v) is 6.08. The third-order valence-electron chi connectivity index (χ3n) is 3.20. The zero-order valence-electron chi connectivity index (χ0n) is 9.98. The van der Waals surface area contributed by atoms with Crippen LogP contribution < -0.4 is 5.32 Å². The number of hydrogen-bond acceptors (Lipinski definition) is 3. The summed E-state index contributed by atoms with van der Waals surface area (Å²) in [5, 5.41) is 12.5. The summed E-state index contributed by atoms with van der Waals surface area (Å²) in [6.07, 6.45) is 1.99. The average molecular weight is 230 g/mol. The Bertz CT molecular complexity index is 377. The highest BCUT2D eigenvalue weighted by atomic mass is 16.5. The van der Waals surface area contributed by atoms with Crippen LogP contribution in [-0.4, -0.2) is 19.7 Å². The molecule has 0 amide bonds. The Morgan fingerprint density at radius 3 is 2.82 bits per heavy atom. The van der Waals surface area contributed by atoms with Crippen molar-refractivity contribution in [3.63, 3.8) is 0 Å². The van der Waals surface area contributed by atoms with Gasteiger partial charge in [-0.3, -0.25) is 0 Å². The Labute approximate surface area is 102 Å². The summed E-state index contributed by atoms with van der Waals surface area (Å²) in [7, 11) is 0. The summed E-state index contributed by atoms with van der Waals surface area (Å²) in [5.41, 5.74) is 0.830. The molecule has 2 rings (SSSR count). The number of nitriles is 1. The van der Waals surface area contributed by atoms with Crippen molar-refractivity contribution in [1.29, 1.82) is 5.26 Å². The van der Waals surface area contributed by atoms with E-state index in [2.05, 4.69) is 11.4 Å². The number of nitrogens with one attached hydrogen (secondary N) is 1. The van der Waals surface area contributed by atoms with E-state index >= 15 is 0 Å². The van der Waals surface area contributed by atoms with Crippen molar-refractivity contribution in [3.05, 3.63) is 35.9 Å². The van der Waals surface area contributed by atoms with Crippen LogP contribution in [0.1, 0.15) is 18.4 Å². The van der Waals surface area contributed by atoms with Gasteiger partial charge in [-0.2, -0.15) is 5.26 Å². The van der Waals surface area contributed by atoms with Gasteiger partial charge in [0.1, 0.15) is 0 Å². The van der Waals surface area contributed by atoms with Crippen molar-refractivity contribution in [2.24, 2.45) is 5.41 Å². The van der Waals surface area contributed by atoms with Gasteiger partial charge in [0.25, 0.3) is 0 Å². The first kappa shape index (κ1) is 12.1. The molecule has 0 saturated carbocycles. The van der Waals surface area contributed by atoms with Gasteiger partial charge in [0, 0.05) is 6.54 Å². The molecule has 1 saturated heterocycles. The Kier molecular flexibility index (Phi) is 4.13. The molecule has 1 aromatic rings. The molecule has 90 valence electrons. The molecule has 1 unspecified atom stereocenters. The molecule has 3 heteroatoms. The minimum atomic E-state index is -0.326. The highest BCUT2D eigenvalue weighted by Gasteiger charge is 2.32. The summed E-state index contributed by atoms with van der Waals surface area (Å²) >= 11 is 0. The quantitative estimate of drug-likeness (QED) is 0.861. The van der Waals surface area contributed by atoms with Gasteiger partial charge in [0.2, 0.25) is 0 Å². The van der Waals surface area contributed by atoms with Gasteiger partial charge in [0.15, 0.2) is 0 Å². The lowest BCUT2D eigenvalue weighted by molar-refractivity contribution is 0.0483. The summed E-state index contributed by atoms with van der Waals surface area (Å²) in [5.74, 6) is 0. The van der Waals surface area contributed by atoms with Crippen LogP contribution in [0, 0.1) is 16.7 Å². The molecule has 1 N–H and O–H groups in total. The van der Waals surface area contributed by atoms with Crippen LogP contribution >= 0.6 is 0 Å². The van der Waals surface area contributed by atoms with Crippen LogP contribution in [0.2, 0.25) is 0 Å². The molecule has 0 radical (unpaired) electrons. The van der Waals surface area contributed by atoms with Gasteiger partial charge < -0.3 is 10.1 Å². The Balaban J connectivity index is 1.83. The highest BCUT2D eigenvalue weighted by Crippen LogP contribution is 2.25. The van der Waals surface area contributed by atoms with E-state index in [1.165, 1.54) is 0 Å². The van der Waals surface area contributed by atoms with E-state index in [0.29, 0.717) is 13.2 Å². The number of nitrogens with zero attached hydrogens (tertiary/aromatic N) is 1. The molecule has 3 nitrogen and oxygen atoms in total. The van der Waals surface area contributed by atoms with E-state index in [0.717, 1.165) is 31.5 Å². The smallest absolute Gasteiger partial charge is 0.0931 e. The van der Waals surface area contributed by atoms with Crippen molar-refractivity contribution in [2.75, 3.05) is 19.7 Å². The topological polar surface area (TPSA) is 45.0 Å². The fourth-order valence-corrected chi connectivity index (χ4v) is 2.16. The van der Waals surface area contributed by atoms with Crippen LogP contribution in [0.5, 0.6) is 0 Å². The predicted molar refractivity (Wildman–Crippen MR) is 66.2 cm³/mol. The Hall–Kier alpha value is -1.37. The lowest BCUT2D eigenvalue weighted by Gasteiger charge is -2.30. The van der Waals surface area contributed by atoms with Crippen LogP contribution in [0.3, 0.4) is 0 Å². The standard InChI is InChI=1S/C14H18N2O/c15-10-14(7-4-8-16-11-14)12-17-9-13-5-2-1-3-6-13/h1-3,5-6,16H,4,7-9,11-12H2. The van der Waals surface area contributed by atoms with Gasteiger partial charge in [-0.15, -0.1) is 0 Å². The van der Waals surface area contributed by atoms with E-state index < -0.39 is 0 Å². The van der Waals surface area contributed by atoms with Gasteiger partial charge in [-0.1, -0.05) is 30.3 Å². The number of hydrogen-bond donors (Lipinski definition) is 1. The van der Waals surface area contributed by atoms with Crippen LogP contribution in [0.25, 0.3) is 0 Å². The lowest BCUT2D eigenvalue weighted by Crippen LogP contribution is -2.42. The molecule has 0 aromatic heterocycles. The molecule has 1 aliphatic heterocycles. The second kappa shape index (κ2) is 5.81. The summed E-state index contributed by atoms with van der Waals surface area (Å²) in [6, 6.07) is 12.5. The van der Waals surface area contributed by atoms with Gasteiger partial charge >= 0.3 is 0 Å². The third kappa shape index (κ3) is 3.29. The number of ether oxygens (including phenoxy) is 1. The fraction of sp³-hybridized carbons (Fsp3) is 0.500. The van der Waals surface area contributed by atoms with Crippen molar-refractivity contribution >= 4 is 0 Å². The van der Waals surface area contributed by atoms with E-state index in [1.54, 1.807) is 0 Å². The van der Waals surface area contributed by atoms with Gasteiger partial charge in [-0.05, 0) is 24.9 Å². The molecule has 1 heterocycles. The maximum Gasteiger partial charge on any atom is 0.0931 e. The molecule has 17 heavy (non-hydrogen) atoms. The van der Waals surface area contributed by atoms with E-state index in [-0.39, 0.29) is 5.41 Å². The maximum absolute atomic E-state index is 9.27. The second-order valence-corrected chi connectivity index (χ2v) is 4.65. The second-order valence-electron chi connectivity index (χ2n) is 4.65.